The summed E-state index contributed by atoms with van der Waals surface area (Å²) in [5.41, 5.74) is 0. The van der Waals surface area contributed by atoms with E-state index >= 15 is 0 Å². The standard InChI is InChI=1S/C10H20N2O/c1-7(2)4-8(3)12-10(13)9-5-11-6-9/h7-9,11H,4-6H2,1-3H3,(H,12,13). The van der Waals surface area contributed by atoms with Gasteiger partial charge in [0.1, 0.15) is 0 Å². The average molecular weight is 184 g/mol. The minimum atomic E-state index is 0.215. The van der Waals surface area contributed by atoms with Crippen molar-refractivity contribution in [3.63, 3.8) is 0 Å². The predicted molar refractivity (Wildman–Crippen MR) is 53.4 cm³/mol. The van der Waals surface area contributed by atoms with E-state index in [4.69, 9.17) is 0 Å². The molecule has 1 amide bonds. The first-order chi connectivity index (χ1) is 6.09. The van der Waals surface area contributed by atoms with Crippen LogP contribution in [-0.4, -0.2) is 25.0 Å². The highest BCUT2D eigenvalue weighted by molar-refractivity contribution is 5.80. The number of amides is 1. The van der Waals surface area contributed by atoms with Crippen LogP contribution >= 0.6 is 0 Å². The summed E-state index contributed by atoms with van der Waals surface area (Å²) >= 11 is 0. The van der Waals surface area contributed by atoms with E-state index in [2.05, 4.69) is 31.4 Å². The summed E-state index contributed by atoms with van der Waals surface area (Å²) in [5.74, 6) is 1.08. The zero-order chi connectivity index (χ0) is 9.84. The number of hydrogen-bond acceptors (Lipinski definition) is 2. The molecule has 0 spiro atoms. The fourth-order valence-electron chi connectivity index (χ4n) is 1.60. The molecular weight excluding hydrogens is 164 g/mol. The van der Waals surface area contributed by atoms with Gasteiger partial charge < -0.3 is 10.6 Å². The normalized spacial score (nSPS) is 19.7. The summed E-state index contributed by atoms with van der Waals surface area (Å²) in [6.07, 6.45) is 1.06. The van der Waals surface area contributed by atoms with Crippen LogP contribution in [0.5, 0.6) is 0 Å². The second-order valence-corrected chi connectivity index (χ2v) is 4.39. The van der Waals surface area contributed by atoms with Crippen LogP contribution in [0.3, 0.4) is 0 Å². The molecule has 1 heterocycles. The first-order valence-electron chi connectivity index (χ1n) is 5.10. The van der Waals surface area contributed by atoms with Crippen molar-refractivity contribution in [1.82, 2.24) is 10.6 Å². The summed E-state index contributed by atoms with van der Waals surface area (Å²) < 4.78 is 0. The minimum Gasteiger partial charge on any atom is -0.353 e. The molecule has 0 aliphatic carbocycles. The predicted octanol–water partition coefficient (Wildman–Crippen LogP) is 0.757. The lowest BCUT2D eigenvalue weighted by molar-refractivity contribution is -0.127. The van der Waals surface area contributed by atoms with Crippen LogP contribution in [0.15, 0.2) is 0 Å². The number of carbonyl (C=O) groups excluding carboxylic acids is 1. The molecule has 3 nitrogen and oxygen atoms in total. The minimum absolute atomic E-state index is 0.215. The highest BCUT2D eigenvalue weighted by Crippen LogP contribution is 2.07. The molecule has 0 aromatic carbocycles. The highest BCUT2D eigenvalue weighted by Gasteiger charge is 2.25. The molecule has 1 aliphatic heterocycles. The Morgan fingerprint density at radius 1 is 1.46 bits per heavy atom. The van der Waals surface area contributed by atoms with Crippen LogP contribution in [0.1, 0.15) is 27.2 Å². The number of hydrogen-bond donors (Lipinski definition) is 2. The van der Waals surface area contributed by atoms with E-state index in [1.165, 1.54) is 0 Å². The van der Waals surface area contributed by atoms with Gasteiger partial charge in [0.05, 0.1) is 5.92 Å². The molecular formula is C10H20N2O. The van der Waals surface area contributed by atoms with Gasteiger partial charge in [-0.1, -0.05) is 13.8 Å². The fraction of sp³-hybridized carbons (Fsp3) is 0.900. The summed E-state index contributed by atoms with van der Waals surface area (Å²) in [7, 11) is 0. The second kappa shape index (κ2) is 4.61. The highest BCUT2D eigenvalue weighted by atomic mass is 16.2. The molecule has 3 heteroatoms. The van der Waals surface area contributed by atoms with Crippen LogP contribution < -0.4 is 10.6 Å². The molecule has 13 heavy (non-hydrogen) atoms. The molecule has 76 valence electrons. The zero-order valence-electron chi connectivity index (χ0n) is 8.76. The number of carbonyl (C=O) groups is 1. The number of rotatable bonds is 4. The van der Waals surface area contributed by atoms with Gasteiger partial charge in [0.25, 0.3) is 0 Å². The lowest BCUT2D eigenvalue weighted by atomic mass is 10.0. The fourth-order valence-corrected chi connectivity index (χ4v) is 1.60. The van der Waals surface area contributed by atoms with Crippen molar-refractivity contribution < 1.29 is 4.79 Å². The summed E-state index contributed by atoms with van der Waals surface area (Å²) in [6, 6.07) is 0.313. The summed E-state index contributed by atoms with van der Waals surface area (Å²) in [6.45, 7) is 8.12. The Bertz CT molecular complexity index is 176. The molecule has 1 unspecified atom stereocenters. The number of nitrogens with one attached hydrogen (secondary N) is 2. The first kappa shape index (κ1) is 10.5. The van der Waals surface area contributed by atoms with E-state index in [0.29, 0.717) is 12.0 Å². The monoisotopic (exact) mass is 184 g/mol. The van der Waals surface area contributed by atoms with Crippen LogP contribution in [0.2, 0.25) is 0 Å². The van der Waals surface area contributed by atoms with E-state index in [1.807, 2.05) is 0 Å². The molecule has 0 aromatic heterocycles. The van der Waals surface area contributed by atoms with E-state index in [9.17, 15) is 4.79 Å². The maximum absolute atomic E-state index is 11.5. The van der Waals surface area contributed by atoms with Crippen LogP contribution in [0.4, 0.5) is 0 Å². The lowest BCUT2D eigenvalue weighted by Gasteiger charge is -2.27. The molecule has 1 saturated heterocycles. The van der Waals surface area contributed by atoms with Gasteiger partial charge in [-0.15, -0.1) is 0 Å². The maximum Gasteiger partial charge on any atom is 0.225 e. The Morgan fingerprint density at radius 3 is 2.46 bits per heavy atom. The third kappa shape index (κ3) is 3.35. The quantitative estimate of drug-likeness (QED) is 0.677. The van der Waals surface area contributed by atoms with Crippen molar-refractivity contribution in [3.8, 4) is 0 Å². The molecule has 0 saturated carbocycles. The molecule has 0 bridgehead atoms. The van der Waals surface area contributed by atoms with Gasteiger partial charge in [-0.05, 0) is 19.3 Å². The first-order valence-corrected chi connectivity index (χ1v) is 5.10. The molecule has 0 radical (unpaired) electrons. The van der Waals surface area contributed by atoms with Gasteiger partial charge in [-0.3, -0.25) is 4.79 Å². The average Bonchev–Trinajstić information content (AvgIpc) is 1.78. The molecule has 1 rings (SSSR count). The van der Waals surface area contributed by atoms with Crippen molar-refractivity contribution in [2.75, 3.05) is 13.1 Å². The largest absolute Gasteiger partial charge is 0.353 e. The molecule has 1 atom stereocenters. The third-order valence-corrected chi connectivity index (χ3v) is 2.37. The molecule has 1 aliphatic rings. The SMILES string of the molecule is CC(C)CC(C)NC(=O)C1CNC1. The van der Waals surface area contributed by atoms with E-state index < -0.39 is 0 Å². The van der Waals surface area contributed by atoms with Crippen molar-refractivity contribution >= 4 is 5.91 Å². The van der Waals surface area contributed by atoms with Crippen molar-refractivity contribution in [1.29, 1.82) is 0 Å². The van der Waals surface area contributed by atoms with Crippen LogP contribution in [0, 0.1) is 11.8 Å². The Kier molecular flexibility index (Phi) is 3.72. The topological polar surface area (TPSA) is 41.1 Å². The molecule has 2 N–H and O–H groups in total. The van der Waals surface area contributed by atoms with E-state index in [0.717, 1.165) is 19.5 Å². The third-order valence-electron chi connectivity index (χ3n) is 2.37. The van der Waals surface area contributed by atoms with Crippen LogP contribution in [0.25, 0.3) is 0 Å². The summed E-state index contributed by atoms with van der Waals surface area (Å²) in [5, 5.41) is 6.13. The summed E-state index contributed by atoms with van der Waals surface area (Å²) in [4.78, 5) is 11.5. The smallest absolute Gasteiger partial charge is 0.225 e. The molecule has 1 fully saturated rings. The van der Waals surface area contributed by atoms with Crippen molar-refractivity contribution in [2.24, 2.45) is 11.8 Å². The van der Waals surface area contributed by atoms with Gasteiger partial charge in [0, 0.05) is 19.1 Å². The maximum atomic E-state index is 11.5. The lowest BCUT2D eigenvalue weighted by Crippen LogP contribution is -2.52. The molecule has 0 aromatic rings. The van der Waals surface area contributed by atoms with Gasteiger partial charge in [0.15, 0.2) is 0 Å². The van der Waals surface area contributed by atoms with Gasteiger partial charge in [0.2, 0.25) is 5.91 Å². The van der Waals surface area contributed by atoms with Gasteiger partial charge >= 0.3 is 0 Å². The van der Waals surface area contributed by atoms with Gasteiger partial charge in [-0.25, -0.2) is 0 Å². The Morgan fingerprint density at radius 2 is 2.08 bits per heavy atom. The Balaban J connectivity index is 2.18. The van der Waals surface area contributed by atoms with Crippen molar-refractivity contribution in [2.45, 2.75) is 33.2 Å². The Hall–Kier alpha value is -0.570. The Labute approximate surface area is 80.3 Å². The second-order valence-electron chi connectivity index (χ2n) is 4.39. The zero-order valence-corrected chi connectivity index (χ0v) is 8.76. The van der Waals surface area contributed by atoms with E-state index in [-0.39, 0.29) is 11.8 Å². The van der Waals surface area contributed by atoms with Crippen molar-refractivity contribution in [3.05, 3.63) is 0 Å². The van der Waals surface area contributed by atoms with E-state index in [1.54, 1.807) is 0 Å². The van der Waals surface area contributed by atoms with Crippen LogP contribution in [-0.2, 0) is 4.79 Å². The van der Waals surface area contributed by atoms with Gasteiger partial charge in [-0.2, -0.15) is 0 Å².